The normalized spacial score (nSPS) is 17.1. The number of alkyl halides is 3. The molecule has 6 rings (SSSR count). The first kappa shape index (κ1) is 26.5. The lowest BCUT2D eigenvalue weighted by Gasteiger charge is -2.24. The molecule has 40 heavy (non-hydrogen) atoms. The van der Waals surface area contributed by atoms with Crippen molar-refractivity contribution in [3.8, 4) is 11.1 Å². The summed E-state index contributed by atoms with van der Waals surface area (Å²) >= 11 is 1.65. The number of carbonyl (C=O) groups excluding carboxylic acids is 1. The number of amides is 1. The minimum absolute atomic E-state index is 0.0210. The second kappa shape index (κ2) is 10.0. The van der Waals surface area contributed by atoms with E-state index in [-0.39, 0.29) is 23.1 Å². The first-order valence-corrected chi connectivity index (χ1v) is 13.9. The molecule has 1 saturated carbocycles. The van der Waals surface area contributed by atoms with Gasteiger partial charge >= 0.3 is 6.18 Å². The van der Waals surface area contributed by atoms with Gasteiger partial charge in [0.05, 0.1) is 28.8 Å². The molecule has 0 radical (unpaired) electrons. The molecule has 1 atom stereocenters. The average Bonchev–Trinajstić information content (AvgIpc) is 3.64. The number of thiophene rings is 1. The minimum Gasteiger partial charge on any atom is -0.378 e. The van der Waals surface area contributed by atoms with E-state index in [1.807, 2.05) is 11.4 Å². The summed E-state index contributed by atoms with van der Waals surface area (Å²) in [6.07, 6.45) is -3.05. The van der Waals surface area contributed by atoms with Crippen molar-refractivity contribution in [2.45, 2.75) is 49.9 Å². The number of hydrogen-bond donors (Lipinski definition) is 2. The molecule has 0 unspecified atom stereocenters. The van der Waals surface area contributed by atoms with Crippen molar-refractivity contribution in [1.29, 1.82) is 0 Å². The Kier molecular flexibility index (Phi) is 6.62. The molecule has 2 aromatic heterocycles. The molecule has 0 spiro atoms. The van der Waals surface area contributed by atoms with Crippen LogP contribution in [0.4, 0.5) is 13.2 Å². The van der Waals surface area contributed by atoms with E-state index < -0.39 is 23.8 Å². The highest BCUT2D eigenvalue weighted by Gasteiger charge is 2.49. The van der Waals surface area contributed by atoms with Crippen molar-refractivity contribution in [3.63, 3.8) is 0 Å². The number of aliphatic hydroxyl groups excluding tert-OH is 1. The van der Waals surface area contributed by atoms with Crippen LogP contribution in [0.2, 0.25) is 0 Å². The Hall–Kier alpha value is -3.76. The number of aromatic amines is 1. The maximum Gasteiger partial charge on any atom is 0.416 e. The zero-order valence-corrected chi connectivity index (χ0v) is 22.2. The molecule has 1 fully saturated rings. The van der Waals surface area contributed by atoms with E-state index >= 15 is 0 Å². The van der Waals surface area contributed by atoms with Gasteiger partial charge in [-0.2, -0.15) is 13.2 Å². The summed E-state index contributed by atoms with van der Waals surface area (Å²) in [7, 11) is 0. The first-order chi connectivity index (χ1) is 19.2. The number of nitrogens with one attached hydrogen (secondary N) is 1. The number of carbonyl (C=O) groups is 1. The Morgan fingerprint density at radius 2 is 1.82 bits per heavy atom. The molecule has 10 heteroatoms. The Bertz CT molecular complexity index is 1630. The molecule has 206 valence electrons. The highest BCUT2D eigenvalue weighted by molar-refractivity contribution is 7.10. The van der Waals surface area contributed by atoms with Crippen molar-refractivity contribution in [3.05, 3.63) is 109 Å². The molecule has 1 aliphatic carbocycles. The van der Waals surface area contributed by atoms with Crippen molar-refractivity contribution >= 4 is 17.2 Å². The summed E-state index contributed by atoms with van der Waals surface area (Å²) in [5.74, 6) is 0.0969. The van der Waals surface area contributed by atoms with E-state index in [1.54, 1.807) is 35.6 Å². The number of rotatable bonds is 5. The van der Waals surface area contributed by atoms with Crippen molar-refractivity contribution in [2.24, 2.45) is 0 Å². The zero-order chi connectivity index (χ0) is 28.1. The standard InChI is InChI=1S/C30H26F3N3O3S/c31-30(32,33)21-8-2-6-19(16-21)18-5-1-7-20(15-18)25(37)27(39)36-13-3-9-23-22(17-36)26(38)35-28(34-23)29(11-12-29)24-10-4-14-40-24/h1-2,4-8,10,14-16,25,37H,3,9,11-13,17H2,(H,34,35,38)/t25-/m1/s1. The maximum atomic E-state index is 13.4. The van der Waals surface area contributed by atoms with Crippen LogP contribution in [0.1, 0.15) is 58.5 Å². The Labute approximate surface area is 232 Å². The number of hydrogen-bond acceptors (Lipinski definition) is 5. The van der Waals surface area contributed by atoms with Gasteiger partial charge in [-0.3, -0.25) is 9.59 Å². The lowest BCUT2D eigenvalue weighted by molar-refractivity contribution is -0.141. The number of aliphatic hydroxyl groups is 1. The van der Waals surface area contributed by atoms with Gasteiger partial charge in [0.1, 0.15) is 5.82 Å². The van der Waals surface area contributed by atoms with Crippen LogP contribution in [0.3, 0.4) is 0 Å². The molecular formula is C30H26F3N3O3S. The molecule has 1 aliphatic heterocycles. The van der Waals surface area contributed by atoms with E-state index in [0.717, 1.165) is 25.0 Å². The van der Waals surface area contributed by atoms with Gasteiger partial charge in [0.25, 0.3) is 11.5 Å². The average molecular weight is 566 g/mol. The largest absolute Gasteiger partial charge is 0.416 e. The SMILES string of the molecule is O=C([C@H](O)c1cccc(-c2cccc(C(F)(F)F)c2)c1)N1CCCc2nc(C3(c4cccs4)CC3)[nH]c(=O)c2C1. The molecule has 2 aromatic carbocycles. The highest BCUT2D eigenvalue weighted by atomic mass is 32.1. The number of halogens is 3. The van der Waals surface area contributed by atoms with Crippen LogP contribution in [0.5, 0.6) is 0 Å². The Morgan fingerprint density at radius 3 is 2.52 bits per heavy atom. The highest BCUT2D eigenvalue weighted by Crippen LogP contribution is 2.53. The molecule has 2 N–H and O–H groups in total. The molecule has 6 nitrogen and oxygen atoms in total. The smallest absolute Gasteiger partial charge is 0.378 e. The van der Waals surface area contributed by atoms with Gasteiger partial charge in [-0.1, -0.05) is 36.4 Å². The first-order valence-electron chi connectivity index (χ1n) is 13.1. The zero-order valence-electron chi connectivity index (χ0n) is 21.4. The van der Waals surface area contributed by atoms with Gasteiger partial charge in [-0.25, -0.2) is 4.98 Å². The summed E-state index contributed by atoms with van der Waals surface area (Å²) in [6.45, 7) is 0.359. The van der Waals surface area contributed by atoms with Crippen LogP contribution >= 0.6 is 11.3 Å². The Morgan fingerprint density at radius 1 is 1.07 bits per heavy atom. The lowest BCUT2D eigenvalue weighted by atomic mass is 9.98. The molecule has 0 saturated heterocycles. The third kappa shape index (κ3) is 4.86. The van der Waals surface area contributed by atoms with Crippen LogP contribution in [0, 0.1) is 0 Å². The van der Waals surface area contributed by atoms with Crippen molar-refractivity contribution < 1.29 is 23.1 Å². The van der Waals surface area contributed by atoms with E-state index in [1.165, 1.54) is 21.9 Å². The molecular weight excluding hydrogens is 539 g/mol. The van der Waals surface area contributed by atoms with Gasteiger partial charge in [0, 0.05) is 11.4 Å². The molecule has 3 heterocycles. The van der Waals surface area contributed by atoms with Gasteiger partial charge < -0.3 is 15.0 Å². The maximum absolute atomic E-state index is 13.4. The summed E-state index contributed by atoms with van der Waals surface area (Å²) in [6, 6.07) is 15.3. The van der Waals surface area contributed by atoms with Gasteiger partial charge in [0.15, 0.2) is 6.10 Å². The predicted octanol–water partition coefficient (Wildman–Crippen LogP) is 5.61. The third-order valence-corrected chi connectivity index (χ3v) is 8.83. The lowest BCUT2D eigenvalue weighted by Crippen LogP contribution is -2.36. The van der Waals surface area contributed by atoms with E-state index in [9.17, 15) is 27.9 Å². The van der Waals surface area contributed by atoms with Gasteiger partial charge in [0.2, 0.25) is 0 Å². The fourth-order valence-corrected chi connectivity index (χ4v) is 6.38. The van der Waals surface area contributed by atoms with Crippen LogP contribution < -0.4 is 5.56 Å². The van der Waals surface area contributed by atoms with Crippen molar-refractivity contribution in [1.82, 2.24) is 14.9 Å². The van der Waals surface area contributed by atoms with Gasteiger partial charge in [-0.15, -0.1) is 11.3 Å². The fraction of sp³-hybridized carbons (Fsp3) is 0.300. The monoisotopic (exact) mass is 565 g/mol. The quantitative estimate of drug-likeness (QED) is 0.330. The molecule has 0 bridgehead atoms. The third-order valence-electron chi connectivity index (χ3n) is 7.76. The van der Waals surface area contributed by atoms with E-state index in [2.05, 4.69) is 11.1 Å². The number of nitrogens with zero attached hydrogens (tertiary/aromatic N) is 2. The fourth-order valence-electron chi connectivity index (χ4n) is 5.39. The number of fused-ring (bicyclic) bond motifs is 1. The Balaban J connectivity index is 1.24. The summed E-state index contributed by atoms with van der Waals surface area (Å²) in [5, 5.41) is 13.0. The number of aromatic nitrogens is 2. The summed E-state index contributed by atoms with van der Waals surface area (Å²) in [5.41, 5.74) is 0.834. The predicted molar refractivity (Wildman–Crippen MR) is 145 cm³/mol. The minimum atomic E-state index is -4.48. The van der Waals surface area contributed by atoms with Crippen LogP contribution in [0.25, 0.3) is 11.1 Å². The van der Waals surface area contributed by atoms with E-state index in [4.69, 9.17) is 4.98 Å². The van der Waals surface area contributed by atoms with Crippen LogP contribution in [-0.4, -0.2) is 32.4 Å². The second-order valence-electron chi connectivity index (χ2n) is 10.4. The number of aryl methyl sites for hydroxylation is 1. The summed E-state index contributed by atoms with van der Waals surface area (Å²) in [4.78, 5) is 37.1. The van der Waals surface area contributed by atoms with Crippen LogP contribution in [0.15, 0.2) is 70.8 Å². The van der Waals surface area contributed by atoms with E-state index in [0.29, 0.717) is 47.6 Å². The van der Waals surface area contributed by atoms with Gasteiger partial charge in [-0.05, 0) is 72.0 Å². The topological polar surface area (TPSA) is 86.3 Å². The number of H-pyrrole nitrogens is 1. The van der Waals surface area contributed by atoms with Crippen LogP contribution in [-0.2, 0) is 29.4 Å². The molecule has 2 aliphatic rings. The molecule has 1 amide bonds. The van der Waals surface area contributed by atoms with Crippen molar-refractivity contribution in [2.75, 3.05) is 6.54 Å². The summed E-state index contributed by atoms with van der Waals surface area (Å²) < 4.78 is 39.6. The number of benzene rings is 2. The molecule has 4 aromatic rings. The second-order valence-corrected chi connectivity index (χ2v) is 11.3.